The van der Waals surface area contributed by atoms with E-state index in [1.54, 1.807) is 19.2 Å². The number of hydrogen-bond donors (Lipinski definition) is 1. The molecule has 0 spiro atoms. The smallest absolute Gasteiger partial charge is 0.284 e. The molecule has 1 aromatic carbocycles. The van der Waals surface area contributed by atoms with Gasteiger partial charge in [0, 0.05) is 12.1 Å². The summed E-state index contributed by atoms with van der Waals surface area (Å²) in [5.74, 6) is -0.0608. The van der Waals surface area contributed by atoms with E-state index in [9.17, 15) is 8.78 Å². The van der Waals surface area contributed by atoms with E-state index >= 15 is 0 Å². The molecule has 1 aromatic heterocycles. The van der Waals surface area contributed by atoms with Gasteiger partial charge in [-0.3, -0.25) is 0 Å². The summed E-state index contributed by atoms with van der Waals surface area (Å²) >= 11 is 0.559. The summed E-state index contributed by atoms with van der Waals surface area (Å²) in [6, 6.07) is 11.3. The minimum Gasteiger partial charge on any atom is -0.496 e. The molecule has 0 bridgehead atoms. The number of thioether (sulfide) groups is 1. The summed E-state index contributed by atoms with van der Waals surface area (Å²) < 4.78 is 34.9. The van der Waals surface area contributed by atoms with Gasteiger partial charge >= 0.3 is 0 Å². The minimum absolute atomic E-state index is 0.185. The van der Waals surface area contributed by atoms with Crippen molar-refractivity contribution in [3.63, 3.8) is 0 Å². The lowest BCUT2D eigenvalue weighted by Gasteiger charge is -2.08. The number of rotatable bonds is 8. The molecular weight excluding hydrogens is 296 g/mol. The van der Waals surface area contributed by atoms with Crippen LogP contribution < -0.4 is 10.1 Å². The van der Waals surface area contributed by atoms with Crippen LogP contribution in [-0.4, -0.2) is 12.9 Å². The van der Waals surface area contributed by atoms with Crippen molar-refractivity contribution in [3.05, 3.63) is 53.5 Å². The van der Waals surface area contributed by atoms with Crippen LogP contribution in [0.5, 0.6) is 5.75 Å². The summed E-state index contributed by atoms with van der Waals surface area (Å²) in [5.41, 5.74) is 1.06. The lowest BCUT2D eigenvalue weighted by Crippen LogP contribution is -2.12. The first-order valence-corrected chi connectivity index (χ1v) is 7.54. The zero-order valence-electron chi connectivity index (χ0n) is 11.6. The molecule has 0 radical (unpaired) electrons. The third-order valence-electron chi connectivity index (χ3n) is 2.88. The van der Waals surface area contributed by atoms with Crippen LogP contribution >= 0.6 is 11.8 Å². The highest BCUT2D eigenvalue weighted by Crippen LogP contribution is 2.21. The maximum atomic E-state index is 12.1. The van der Waals surface area contributed by atoms with E-state index in [1.165, 1.54) is 0 Å². The summed E-state index contributed by atoms with van der Waals surface area (Å²) in [6.45, 7) is 1.18. The molecule has 21 heavy (non-hydrogen) atoms. The number of halogens is 2. The summed E-state index contributed by atoms with van der Waals surface area (Å²) in [7, 11) is 1.64. The van der Waals surface area contributed by atoms with Crippen molar-refractivity contribution in [1.29, 1.82) is 0 Å². The molecular formula is C15H17F2NO2S. The molecule has 1 heterocycles. The SMILES string of the molecule is COc1ccccc1CNCc1ccc(CSC(F)F)o1. The van der Waals surface area contributed by atoms with Gasteiger partial charge < -0.3 is 14.5 Å². The second kappa shape index (κ2) is 8.05. The second-order valence-corrected chi connectivity index (χ2v) is 5.33. The Kier molecular flexibility index (Phi) is 6.07. The molecule has 6 heteroatoms. The van der Waals surface area contributed by atoms with Crippen molar-refractivity contribution in [3.8, 4) is 5.75 Å². The normalized spacial score (nSPS) is 11.0. The molecule has 0 aliphatic rings. The molecule has 0 aliphatic heterocycles. The topological polar surface area (TPSA) is 34.4 Å². The Bertz CT molecular complexity index is 560. The van der Waals surface area contributed by atoms with E-state index in [0.29, 0.717) is 30.6 Å². The van der Waals surface area contributed by atoms with E-state index in [0.717, 1.165) is 17.1 Å². The largest absolute Gasteiger partial charge is 0.496 e. The predicted octanol–water partition coefficient (Wildman–Crippen LogP) is 4.03. The summed E-state index contributed by atoms with van der Waals surface area (Å²) in [4.78, 5) is 0. The summed E-state index contributed by atoms with van der Waals surface area (Å²) in [5, 5.41) is 3.24. The first kappa shape index (κ1) is 15.9. The number of methoxy groups -OCH3 is 1. The number of para-hydroxylation sites is 1. The lowest BCUT2D eigenvalue weighted by atomic mass is 10.2. The molecule has 2 rings (SSSR count). The third-order valence-corrected chi connectivity index (χ3v) is 3.58. The molecule has 0 atom stereocenters. The number of nitrogens with one attached hydrogen (secondary N) is 1. The van der Waals surface area contributed by atoms with E-state index in [2.05, 4.69) is 5.32 Å². The highest BCUT2D eigenvalue weighted by atomic mass is 32.2. The van der Waals surface area contributed by atoms with Crippen LogP contribution in [-0.2, 0) is 18.8 Å². The second-order valence-electron chi connectivity index (χ2n) is 4.36. The van der Waals surface area contributed by atoms with Gasteiger partial charge in [0.25, 0.3) is 5.76 Å². The standard InChI is InChI=1S/C15H17F2NO2S/c1-19-14-5-3-2-4-11(14)8-18-9-12-6-7-13(20-12)10-21-15(16)17/h2-7,15,18H,8-10H2,1H3. The first-order chi connectivity index (χ1) is 10.2. The molecule has 114 valence electrons. The predicted molar refractivity (Wildman–Crippen MR) is 79.5 cm³/mol. The maximum Gasteiger partial charge on any atom is 0.284 e. The molecule has 0 unspecified atom stereocenters. The fourth-order valence-corrected chi connectivity index (χ4v) is 2.35. The molecule has 0 fully saturated rings. The van der Waals surface area contributed by atoms with Crippen molar-refractivity contribution < 1.29 is 17.9 Å². The average molecular weight is 313 g/mol. The molecule has 0 amide bonds. The molecule has 1 N–H and O–H groups in total. The number of ether oxygens (including phenoxy) is 1. The van der Waals surface area contributed by atoms with Crippen molar-refractivity contribution in [2.75, 3.05) is 7.11 Å². The van der Waals surface area contributed by atoms with Crippen molar-refractivity contribution >= 4 is 11.8 Å². The molecule has 3 nitrogen and oxygen atoms in total. The van der Waals surface area contributed by atoms with Crippen molar-refractivity contribution in [1.82, 2.24) is 5.32 Å². The Hall–Kier alpha value is -1.53. The Morgan fingerprint density at radius 1 is 1.14 bits per heavy atom. The molecule has 0 saturated heterocycles. The van der Waals surface area contributed by atoms with E-state index in [4.69, 9.17) is 9.15 Å². The summed E-state index contributed by atoms with van der Waals surface area (Å²) in [6.07, 6.45) is 0. The van der Waals surface area contributed by atoms with Crippen LogP contribution in [0.25, 0.3) is 0 Å². The van der Waals surface area contributed by atoms with E-state index in [1.807, 2.05) is 24.3 Å². The highest BCUT2D eigenvalue weighted by molar-refractivity contribution is 7.98. The van der Waals surface area contributed by atoms with Gasteiger partial charge in [0.2, 0.25) is 0 Å². The van der Waals surface area contributed by atoms with Gasteiger partial charge in [-0.05, 0) is 18.2 Å². The van der Waals surface area contributed by atoms with Crippen LogP contribution in [0.1, 0.15) is 17.1 Å². The van der Waals surface area contributed by atoms with Crippen LogP contribution in [0.4, 0.5) is 8.78 Å². The Labute approximate surface area is 126 Å². The number of furan rings is 1. The number of alkyl halides is 2. The number of hydrogen-bond acceptors (Lipinski definition) is 4. The first-order valence-electron chi connectivity index (χ1n) is 6.49. The molecule has 0 saturated carbocycles. The lowest BCUT2D eigenvalue weighted by molar-refractivity contribution is 0.251. The van der Waals surface area contributed by atoms with Crippen molar-refractivity contribution in [2.24, 2.45) is 0 Å². The number of benzene rings is 1. The average Bonchev–Trinajstić information content (AvgIpc) is 2.93. The monoisotopic (exact) mass is 313 g/mol. The van der Waals surface area contributed by atoms with E-state index in [-0.39, 0.29) is 5.75 Å². The Morgan fingerprint density at radius 3 is 2.67 bits per heavy atom. The van der Waals surface area contributed by atoms with Crippen LogP contribution in [0.2, 0.25) is 0 Å². The van der Waals surface area contributed by atoms with Gasteiger partial charge in [0.1, 0.15) is 17.3 Å². The van der Waals surface area contributed by atoms with Crippen LogP contribution in [0, 0.1) is 0 Å². The van der Waals surface area contributed by atoms with Crippen LogP contribution in [0.3, 0.4) is 0 Å². The fraction of sp³-hybridized carbons (Fsp3) is 0.333. The third kappa shape index (κ3) is 5.06. The van der Waals surface area contributed by atoms with Gasteiger partial charge in [-0.1, -0.05) is 30.0 Å². The van der Waals surface area contributed by atoms with Gasteiger partial charge in [-0.2, -0.15) is 8.78 Å². The maximum absolute atomic E-state index is 12.1. The quantitative estimate of drug-likeness (QED) is 0.798. The zero-order valence-corrected chi connectivity index (χ0v) is 12.5. The highest BCUT2D eigenvalue weighted by Gasteiger charge is 2.07. The zero-order chi connectivity index (χ0) is 15.1. The van der Waals surface area contributed by atoms with E-state index < -0.39 is 5.76 Å². The molecule has 0 aliphatic carbocycles. The van der Waals surface area contributed by atoms with Crippen LogP contribution in [0.15, 0.2) is 40.8 Å². The van der Waals surface area contributed by atoms with Gasteiger partial charge in [0.15, 0.2) is 0 Å². The van der Waals surface area contributed by atoms with Gasteiger partial charge in [0.05, 0.1) is 19.4 Å². The van der Waals surface area contributed by atoms with Gasteiger partial charge in [-0.15, -0.1) is 0 Å². The fourth-order valence-electron chi connectivity index (χ4n) is 1.91. The van der Waals surface area contributed by atoms with Gasteiger partial charge in [-0.25, -0.2) is 0 Å². The Morgan fingerprint density at radius 2 is 1.90 bits per heavy atom. The Balaban J connectivity index is 1.81. The van der Waals surface area contributed by atoms with Crippen molar-refractivity contribution in [2.45, 2.75) is 24.6 Å². The minimum atomic E-state index is -2.37. The molecule has 2 aromatic rings.